The first-order valence-corrected chi connectivity index (χ1v) is 9.95. The molecule has 0 aliphatic carbocycles. The van der Waals surface area contributed by atoms with Crippen LogP contribution in [0.25, 0.3) is 0 Å². The predicted octanol–water partition coefficient (Wildman–Crippen LogP) is 3.04. The molecule has 1 aliphatic rings. The van der Waals surface area contributed by atoms with Gasteiger partial charge in [-0.25, -0.2) is 8.42 Å². The van der Waals surface area contributed by atoms with Crippen molar-refractivity contribution in [3.63, 3.8) is 0 Å². The SMILES string of the molecule is CS(=O)(=O)N1CCc2cc(C(=O)NC(c3ccccc3)C(F)(F)F)ccc21. The monoisotopic (exact) mass is 398 g/mol. The Labute approximate surface area is 154 Å². The van der Waals surface area contributed by atoms with Crippen molar-refractivity contribution in [3.05, 3.63) is 65.2 Å². The lowest BCUT2D eigenvalue weighted by molar-refractivity contribution is -0.155. The molecule has 1 heterocycles. The van der Waals surface area contributed by atoms with Gasteiger partial charge in [0.25, 0.3) is 5.91 Å². The van der Waals surface area contributed by atoms with E-state index < -0.39 is 28.1 Å². The topological polar surface area (TPSA) is 66.5 Å². The maximum atomic E-state index is 13.4. The average molecular weight is 398 g/mol. The van der Waals surface area contributed by atoms with E-state index in [0.29, 0.717) is 17.7 Å². The largest absolute Gasteiger partial charge is 0.412 e. The lowest BCUT2D eigenvalue weighted by Gasteiger charge is -2.22. The summed E-state index contributed by atoms with van der Waals surface area (Å²) in [5.41, 5.74) is 1.04. The van der Waals surface area contributed by atoms with Crippen LogP contribution >= 0.6 is 0 Å². The summed E-state index contributed by atoms with van der Waals surface area (Å²) in [6, 6.07) is 9.20. The molecule has 2 aromatic carbocycles. The summed E-state index contributed by atoms with van der Waals surface area (Å²) >= 11 is 0. The molecular weight excluding hydrogens is 381 g/mol. The molecule has 1 N–H and O–H groups in total. The number of carbonyl (C=O) groups is 1. The molecule has 3 rings (SSSR count). The first kappa shape index (κ1) is 19.2. The number of alkyl halides is 3. The van der Waals surface area contributed by atoms with Gasteiger partial charge in [-0.05, 0) is 35.7 Å². The molecule has 0 radical (unpaired) electrons. The van der Waals surface area contributed by atoms with E-state index in [4.69, 9.17) is 0 Å². The second kappa shape index (κ2) is 6.88. The number of amides is 1. The van der Waals surface area contributed by atoms with Gasteiger partial charge in [-0.2, -0.15) is 13.2 Å². The molecule has 5 nitrogen and oxygen atoms in total. The molecule has 1 atom stereocenters. The summed E-state index contributed by atoms with van der Waals surface area (Å²) in [6.45, 7) is 0.244. The number of benzene rings is 2. The number of carbonyl (C=O) groups excluding carboxylic acids is 1. The van der Waals surface area contributed by atoms with Crippen LogP contribution in [-0.4, -0.2) is 33.3 Å². The van der Waals surface area contributed by atoms with Gasteiger partial charge in [-0.1, -0.05) is 30.3 Å². The number of nitrogens with one attached hydrogen (secondary N) is 1. The summed E-state index contributed by atoms with van der Waals surface area (Å²) < 4.78 is 64.9. The Hall–Kier alpha value is -2.55. The van der Waals surface area contributed by atoms with Gasteiger partial charge >= 0.3 is 6.18 Å². The lowest BCUT2D eigenvalue weighted by atomic mass is 10.0. The zero-order valence-electron chi connectivity index (χ0n) is 14.3. The number of anilines is 1. The van der Waals surface area contributed by atoms with Crippen LogP contribution in [0.3, 0.4) is 0 Å². The first-order chi connectivity index (χ1) is 12.6. The predicted molar refractivity (Wildman–Crippen MR) is 95.0 cm³/mol. The van der Waals surface area contributed by atoms with Crippen molar-refractivity contribution in [2.75, 3.05) is 17.1 Å². The quantitative estimate of drug-likeness (QED) is 0.861. The number of sulfonamides is 1. The van der Waals surface area contributed by atoms with Gasteiger partial charge in [0.1, 0.15) is 0 Å². The maximum Gasteiger partial charge on any atom is 0.412 e. The Bertz CT molecular complexity index is 960. The van der Waals surface area contributed by atoms with Crippen molar-refractivity contribution in [1.29, 1.82) is 0 Å². The number of fused-ring (bicyclic) bond motifs is 1. The van der Waals surface area contributed by atoms with Crippen molar-refractivity contribution < 1.29 is 26.4 Å². The Balaban J connectivity index is 1.86. The third-order valence-corrected chi connectivity index (χ3v) is 5.51. The molecule has 1 aliphatic heterocycles. The van der Waals surface area contributed by atoms with Gasteiger partial charge in [-0.15, -0.1) is 0 Å². The molecular formula is C18H17F3N2O3S. The van der Waals surface area contributed by atoms with Gasteiger partial charge in [0.05, 0.1) is 11.9 Å². The highest BCUT2D eigenvalue weighted by Crippen LogP contribution is 2.34. The van der Waals surface area contributed by atoms with E-state index in [9.17, 15) is 26.4 Å². The normalized spacial score (nSPS) is 15.3. The average Bonchev–Trinajstić information content (AvgIpc) is 3.02. The van der Waals surface area contributed by atoms with Gasteiger partial charge in [-0.3, -0.25) is 9.10 Å². The molecule has 1 amide bonds. The number of rotatable bonds is 4. The van der Waals surface area contributed by atoms with E-state index in [0.717, 1.165) is 6.26 Å². The number of nitrogens with zero attached hydrogens (tertiary/aromatic N) is 1. The van der Waals surface area contributed by atoms with Crippen LogP contribution in [0.2, 0.25) is 0 Å². The van der Waals surface area contributed by atoms with Crippen molar-refractivity contribution in [3.8, 4) is 0 Å². The fourth-order valence-corrected chi connectivity index (χ4v) is 4.03. The molecule has 144 valence electrons. The van der Waals surface area contributed by atoms with Gasteiger partial charge in [0.2, 0.25) is 10.0 Å². The second-order valence-electron chi connectivity index (χ2n) is 6.29. The number of hydrogen-bond donors (Lipinski definition) is 1. The van der Waals surface area contributed by atoms with E-state index in [1.165, 1.54) is 46.8 Å². The minimum atomic E-state index is -4.65. The second-order valence-corrected chi connectivity index (χ2v) is 8.19. The Morgan fingerprint density at radius 3 is 2.41 bits per heavy atom. The van der Waals surface area contributed by atoms with Crippen LogP contribution in [0.1, 0.15) is 27.5 Å². The number of hydrogen-bond acceptors (Lipinski definition) is 3. The first-order valence-electron chi connectivity index (χ1n) is 8.10. The van der Waals surface area contributed by atoms with E-state index in [-0.39, 0.29) is 17.7 Å². The smallest absolute Gasteiger partial charge is 0.337 e. The van der Waals surface area contributed by atoms with E-state index in [1.54, 1.807) is 6.07 Å². The highest BCUT2D eigenvalue weighted by Gasteiger charge is 2.42. The highest BCUT2D eigenvalue weighted by molar-refractivity contribution is 7.92. The summed E-state index contributed by atoms with van der Waals surface area (Å²) in [7, 11) is -3.44. The summed E-state index contributed by atoms with van der Waals surface area (Å²) in [6.07, 6.45) is -3.18. The Kier molecular flexibility index (Phi) is 4.90. The molecule has 27 heavy (non-hydrogen) atoms. The van der Waals surface area contributed by atoms with Crippen molar-refractivity contribution in [1.82, 2.24) is 5.32 Å². The standard InChI is InChI=1S/C18H17F3N2O3S/c1-27(25,26)23-10-9-13-11-14(7-8-15(13)23)17(24)22-16(18(19,20)21)12-5-3-2-4-6-12/h2-8,11,16H,9-10H2,1H3,(H,22,24). The maximum absolute atomic E-state index is 13.4. The van der Waals surface area contributed by atoms with Crippen LogP contribution in [0.5, 0.6) is 0 Å². The highest BCUT2D eigenvalue weighted by atomic mass is 32.2. The Morgan fingerprint density at radius 2 is 1.81 bits per heavy atom. The molecule has 2 aromatic rings. The minimum Gasteiger partial charge on any atom is -0.337 e. The molecule has 0 fully saturated rings. The van der Waals surface area contributed by atoms with Crippen LogP contribution in [0.15, 0.2) is 48.5 Å². The van der Waals surface area contributed by atoms with Crippen molar-refractivity contribution in [2.24, 2.45) is 0 Å². The minimum absolute atomic E-state index is 0.0503. The molecule has 1 unspecified atom stereocenters. The van der Waals surface area contributed by atoms with Gasteiger partial charge in [0, 0.05) is 12.1 Å². The molecule has 0 saturated heterocycles. The fraction of sp³-hybridized carbons (Fsp3) is 0.278. The summed E-state index contributed by atoms with van der Waals surface area (Å²) in [5.74, 6) is -0.873. The van der Waals surface area contributed by atoms with E-state index >= 15 is 0 Å². The summed E-state index contributed by atoms with van der Waals surface area (Å²) in [4.78, 5) is 12.4. The lowest BCUT2D eigenvalue weighted by Crippen LogP contribution is -2.38. The van der Waals surface area contributed by atoms with Crippen LogP contribution in [0.4, 0.5) is 18.9 Å². The molecule has 0 saturated carbocycles. The van der Waals surface area contributed by atoms with Crippen molar-refractivity contribution >= 4 is 21.6 Å². The fourth-order valence-electron chi connectivity index (χ4n) is 3.07. The van der Waals surface area contributed by atoms with Crippen molar-refractivity contribution in [2.45, 2.75) is 18.6 Å². The third-order valence-electron chi connectivity index (χ3n) is 4.33. The van der Waals surface area contributed by atoms with Crippen LogP contribution in [-0.2, 0) is 16.4 Å². The van der Waals surface area contributed by atoms with Gasteiger partial charge < -0.3 is 5.32 Å². The van der Waals surface area contributed by atoms with E-state index in [2.05, 4.69) is 0 Å². The molecule has 0 bridgehead atoms. The van der Waals surface area contributed by atoms with Gasteiger partial charge in [0.15, 0.2) is 6.04 Å². The molecule has 0 aromatic heterocycles. The zero-order chi connectivity index (χ0) is 19.8. The van der Waals surface area contributed by atoms with Crippen LogP contribution < -0.4 is 9.62 Å². The Morgan fingerprint density at radius 1 is 1.15 bits per heavy atom. The number of halogens is 3. The zero-order valence-corrected chi connectivity index (χ0v) is 15.1. The summed E-state index contributed by atoms with van der Waals surface area (Å²) in [5, 5.41) is 2.03. The molecule has 0 spiro atoms. The van der Waals surface area contributed by atoms with Crippen LogP contribution in [0, 0.1) is 0 Å². The third kappa shape index (κ3) is 4.08. The van der Waals surface area contributed by atoms with E-state index in [1.807, 2.05) is 5.32 Å². The molecule has 9 heteroatoms.